The average Bonchev–Trinajstić information content (AvgIpc) is 2.75. The van der Waals surface area contributed by atoms with Crippen LogP contribution in [0.25, 0.3) is 11.1 Å². The normalized spacial score (nSPS) is 11.7. The molecule has 0 saturated carbocycles. The maximum atomic E-state index is 14.0. The summed E-state index contributed by atoms with van der Waals surface area (Å²) in [6.07, 6.45) is 0.493. The van der Waals surface area contributed by atoms with Crippen LogP contribution in [0.1, 0.15) is 18.1 Å². The number of rotatable bonds is 2. The second-order valence-electron chi connectivity index (χ2n) is 4.92. The Hall–Kier alpha value is -2.76. The van der Waals surface area contributed by atoms with Gasteiger partial charge < -0.3 is 5.32 Å². The Balaban J connectivity index is 2.22. The number of nitro groups is 1. The van der Waals surface area contributed by atoms with Crippen LogP contribution in [0, 0.1) is 15.9 Å². The fourth-order valence-corrected chi connectivity index (χ4v) is 2.68. The third kappa shape index (κ3) is 2.14. The zero-order chi connectivity index (χ0) is 15.1. The molecule has 0 spiro atoms. The molecule has 1 amide bonds. The van der Waals surface area contributed by atoms with Crippen molar-refractivity contribution in [2.45, 2.75) is 13.3 Å². The summed E-state index contributed by atoms with van der Waals surface area (Å²) in [5, 5.41) is 13.6. The van der Waals surface area contributed by atoms with Crippen molar-refractivity contribution in [3.05, 3.63) is 57.4 Å². The van der Waals surface area contributed by atoms with Crippen molar-refractivity contribution in [1.82, 2.24) is 0 Å². The first-order valence-electron chi connectivity index (χ1n) is 6.34. The van der Waals surface area contributed by atoms with Crippen molar-refractivity contribution >= 4 is 17.3 Å². The van der Waals surface area contributed by atoms with E-state index in [1.54, 1.807) is 18.2 Å². The van der Waals surface area contributed by atoms with Gasteiger partial charge >= 0.3 is 0 Å². The highest BCUT2D eigenvalue weighted by Gasteiger charge is 2.27. The molecule has 0 fully saturated rings. The van der Waals surface area contributed by atoms with E-state index >= 15 is 0 Å². The van der Waals surface area contributed by atoms with E-state index in [1.807, 2.05) is 0 Å². The molecular weight excluding hydrogens is 275 g/mol. The Bertz CT molecular complexity index is 787. The number of anilines is 1. The molecule has 0 saturated heterocycles. The number of carbonyl (C=O) groups is 1. The van der Waals surface area contributed by atoms with Crippen LogP contribution in [0.3, 0.4) is 0 Å². The molecular formula is C15H11FN2O3. The van der Waals surface area contributed by atoms with Crippen LogP contribution >= 0.6 is 0 Å². The second-order valence-corrected chi connectivity index (χ2v) is 4.92. The SMILES string of the molecule is CC(=O)Nc1cc2c(cc1[N+](=O)[O-])-c1c(F)cccc1C2. The van der Waals surface area contributed by atoms with Crippen molar-refractivity contribution < 1.29 is 14.1 Å². The zero-order valence-corrected chi connectivity index (χ0v) is 11.1. The Morgan fingerprint density at radius 1 is 1.33 bits per heavy atom. The number of halogens is 1. The lowest BCUT2D eigenvalue weighted by atomic mass is 10.0. The van der Waals surface area contributed by atoms with E-state index in [9.17, 15) is 19.3 Å². The summed E-state index contributed by atoms with van der Waals surface area (Å²) >= 11 is 0. The molecule has 1 aliphatic carbocycles. The molecule has 21 heavy (non-hydrogen) atoms. The van der Waals surface area contributed by atoms with Gasteiger partial charge in [-0.2, -0.15) is 0 Å². The quantitative estimate of drug-likeness (QED) is 0.580. The third-order valence-electron chi connectivity index (χ3n) is 3.48. The summed E-state index contributed by atoms with van der Waals surface area (Å²) in [5.74, 6) is -0.785. The van der Waals surface area contributed by atoms with Gasteiger partial charge in [0, 0.05) is 18.6 Å². The maximum absolute atomic E-state index is 14.0. The first kappa shape index (κ1) is 13.2. The van der Waals surface area contributed by atoms with E-state index < -0.39 is 10.7 Å². The molecule has 3 rings (SSSR count). The fourth-order valence-electron chi connectivity index (χ4n) is 2.68. The van der Waals surface area contributed by atoms with E-state index in [-0.39, 0.29) is 17.3 Å². The monoisotopic (exact) mass is 286 g/mol. The van der Waals surface area contributed by atoms with E-state index in [0.29, 0.717) is 17.5 Å². The largest absolute Gasteiger partial charge is 0.321 e. The standard InChI is InChI=1S/C15H11FN2O3/c1-8(19)17-13-6-10-5-9-3-2-4-12(16)15(9)11(10)7-14(13)18(20)21/h2-4,6-7H,5H2,1H3,(H,17,19). The number of fused-ring (bicyclic) bond motifs is 3. The lowest BCUT2D eigenvalue weighted by Crippen LogP contribution is -2.08. The van der Waals surface area contributed by atoms with Crippen LogP contribution < -0.4 is 5.32 Å². The van der Waals surface area contributed by atoms with E-state index in [0.717, 1.165) is 11.1 Å². The average molecular weight is 286 g/mol. The summed E-state index contributed by atoms with van der Waals surface area (Å²) in [4.78, 5) is 21.7. The molecule has 0 atom stereocenters. The predicted octanol–water partition coefficient (Wildman–Crippen LogP) is 3.26. The number of nitrogens with one attached hydrogen (secondary N) is 1. The van der Waals surface area contributed by atoms with Gasteiger partial charge in [0.1, 0.15) is 11.5 Å². The molecule has 0 bridgehead atoms. The van der Waals surface area contributed by atoms with Crippen LogP contribution in [0.4, 0.5) is 15.8 Å². The molecule has 106 valence electrons. The van der Waals surface area contributed by atoms with Crippen molar-refractivity contribution in [2.75, 3.05) is 5.32 Å². The fraction of sp³-hybridized carbons (Fsp3) is 0.133. The maximum Gasteiger partial charge on any atom is 0.293 e. The molecule has 0 aliphatic heterocycles. The zero-order valence-electron chi connectivity index (χ0n) is 11.1. The number of benzene rings is 2. The van der Waals surface area contributed by atoms with Gasteiger partial charge in [-0.1, -0.05) is 12.1 Å². The molecule has 2 aromatic rings. The van der Waals surface area contributed by atoms with Gasteiger partial charge in [-0.05, 0) is 35.2 Å². The van der Waals surface area contributed by atoms with Gasteiger partial charge in [0.2, 0.25) is 5.91 Å². The first-order chi connectivity index (χ1) is 9.97. The molecule has 6 heteroatoms. The Labute approximate surface area is 119 Å². The molecule has 5 nitrogen and oxygen atoms in total. The van der Waals surface area contributed by atoms with Crippen LogP contribution in [0.5, 0.6) is 0 Å². The Morgan fingerprint density at radius 2 is 2.10 bits per heavy atom. The molecule has 1 aliphatic rings. The van der Waals surface area contributed by atoms with Gasteiger partial charge in [-0.25, -0.2) is 4.39 Å². The minimum absolute atomic E-state index is 0.138. The van der Waals surface area contributed by atoms with Gasteiger partial charge in [0.15, 0.2) is 0 Å². The highest BCUT2D eigenvalue weighted by Crippen LogP contribution is 2.42. The van der Waals surface area contributed by atoms with Crippen LogP contribution in [-0.4, -0.2) is 10.8 Å². The molecule has 1 N–H and O–H groups in total. The minimum Gasteiger partial charge on any atom is -0.321 e. The smallest absolute Gasteiger partial charge is 0.293 e. The number of nitrogens with zero attached hydrogens (tertiary/aromatic N) is 1. The first-order valence-corrected chi connectivity index (χ1v) is 6.34. The van der Waals surface area contributed by atoms with Crippen molar-refractivity contribution in [3.63, 3.8) is 0 Å². The predicted molar refractivity (Wildman–Crippen MR) is 75.6 cm³/mol. The highest BCUT2D eigenvalue weighted by molar-refractivity contribution is 5.93. The Kier molecular flexibility index (Phi) is 2.94. The summed E-state index contributed by atoms with van der Waals surface area (Å²) in [6, 6.07) is 7.62. The summed E-state index contributed by atoms with van der Waals surface area (Å²) in [6.45, 7) is 1.28. The van der Waals surface area contributed by atoms with Crippen LogP contribution in [0.2, 0.25) is 0 Å². The highest BCUT2D eigenvalue weighted by atomic mass is 19.1. The van der Waals surface area contributed by atoms with Gasteiger partial charge in [0.05, 0.1) is 4.92 Å². The van der Waals surface area contributed by atoms with Gasteiger partial charge in [-0.3, -0.25) is 14.9 Å². The van der Waals surface area contributed by atoms with E-state index in [2.05, 4.69) is 5.32 Å². The number of nitro benzene ring substituents is 1. The molecule has 0 unspecified atom stereocenters. The number of carbonyl (C=O) groups excluding carboxylic acids is 1. The lowest BCUT2D eigenvalue weighted by Gasteiger charge is -2.07. The number of amides is 1. The van der Waals surface area contributed by atoms with Crippen LogP contribution in [0.15, 0.2) is 30.3 Å². The Morgan fingerprint density at radius 3 is 2.76 bits per heavy atom. The molecule has 0 heterocycles. The van der Waals surface area contributed by atoms with E-state index in [1.165, 1.54) is 19.1 Å². The number of hydrogen-bond donors (Lipinski definition) is 1. The van der Waals surface area contributed by atoms with Crippen molar-refractivity contribution in [3.8, 4) is 11.1 Å². The lowest BCUT2D eigenvalue weighted by molar-refractivity contribution is -0.383. The van der Waals surface area contributed by atoms with Gasteiger partial charge in [-0.15, -0.1) is 0 Å². The van der Waals surface area contributed by atoms with Gasteiger partial charge in [0.25, 0.3) is 5.69 Å². The summed E-state index contributed by atoms with van der Waals surface area (Å²) < 4.78 is 14.0. The molecule has 0 aromatic heterocycles. The topological polar surface area (TPSA) is 72.2 Å². The minimum atomic E-state index is -0.579. The summed E-state index contributed by atoms with van der Waals surface area (Å²) in [7, 11) is 0. The summed E-state index contributed by atoms with van der Waals surface area (Å²) in [5.41, 5.74) is 2.39. The number of hydrogen-bond acceptors (Lipinski definition) is 3. The van der Waals surface area contributed by atoms with Crippen molar-refractivity contribution in [1.29, 1.82) is 0 Å². The third-order valence-corrected chi connectivity index (χ3v) is 3.48. The van der Waals surface area contributed by atoms with Crippen LogP contribution in [-0.2, 0) is 11.2 Å². The second kappa shape index (κ2) is 4.66. The molecule has 2 aromatic carbocycles. The van der Waals surface area contributed by atoms with Crippen molar-refractivity contribution in [2.24, 2.45) is 0 Å². The van der Waals surface area contributed by atoms with E-state index in [4.69, 9.17) is 0 Å². The molecule has 0 radical (unpaired) electrons.